The van der Waals surface area contributed by atoms with Gasteiger partial charge in [-0.05, 0) is 57.9 Å². The van der Waals surface area contributed by atoms with Crippen LogP contribution in [0.5, 0.6) is 11.5 Å². The third-order valence-corrected chi connectivity index (χ3v) is 4.76. The van der Waals surface area contributed by atoms with Crippen molar-refractivity contribution >= 4 is 55.0 Å². The van der Waals surface area contributed by atoms with Gasteiger partial charge in [0.15, 0.2) is 17.3 Å². The number of fused-ring (bicyclic) bond motifs is 1. The molecule has 0 radical (unpaired) electrons. The van der Waals surface area contributed by atoms with Gasteiger partial charge in [-0.1, -0.05) is 28.6 Å². The number of hydrazone groups is 1. The van der Waals surface area contributed by atoms with E-state index in [0.29, 0.717) is 33.7 Å². The van der Waals surface area contributed by atoms with Gasteiger partial charge in [0.05, 0.1) is 17.8 Å². The normalized spacial score (nSPS) is 11.0. The van der Waals surface area contributed by atoms with Gasteiger partial charge in [-0.25, -0.2) is 5.43 Å². The Kier molecular flexibility index (Phi) is 6.53. The zero-order valence-electron chi connectivity index (χ0n) is 14.9. The number of methoxy groups -OCH3 is 1. The van der Waals surface area contributed by atoms with Crippen molar-refractivity contribution in [2.45, 2.75) is 0 Å². The summed E-state index contributed by atoms with van der Waals surface area (Å²) in [6, 6.07) is 10.7. The molecule has 0 spiro atoms. The van der Waals surface area contributed by atoms with Crippen LogP contribution in [0.2, 0.25) is 0 Å². The number of hydrogen-bond donors (Lipinski definition) is 1. The summed E-state index contributed by atoms with van der Waals surface area (Å²) in [5.41, 5.74) is 3.79. The molecule has 0 bridgehead atoms. The summed E-state index contributed by atoms with van der Waals surface area (Å²) in [5, 5.41) is 4.81. The Hall–Kier alpha value is -2.58. The molecule has 0 saturated heterocycles. The maximum atomic E-state index is 12.3. The van der Waals surface area contributed by atoms with E-state index in [4.69, 9.17) is 13.9 Å². The molecule has 0 unspecified atom stereocenters. The van der Waals surface area contributed by atoms with E-state index in [-0.39, 0.29) is 5.76 Å². The van der Waals surface area contributed by atoms with Crippen molar-refractivity contribution in [3.8, 4) is 11.5 Å². The van der Waals surface area contributed by atoms with E-state index in [2.05, 4.69) is 49.0 Å². The number of nitrogens with zero attached hydrogens (tertiary/aromatic N) is 1. The molecular weight excluding hydrogens is 492 g/mol. The Morgan fingerprint density at radius 2 is 2.11 bits per heavy atom. The molecule has 1 amide bonds. The van der Waals surface area contributed by atoms with Crippen LogP contribution in [0.1, 0.15) is 16.1 Å². The number of nitrogens with one attached hydrogen (secondary N) is 1. The third-order valence-electron chi connectivity index (χ3n) is 3.68. The number of benzene rings is 2. The van der Waals surface area contributed by atoms with E-state index in [1.807, 2.05) is 12.1 Å². The van der Waals surface area contributed by atoms with Gasteiger partial charge in [0.1, 0.15) is 12.2 Å². The highest BCUT2D eigenvalue weighted by molar-refractivity contribution is 9.10. The zero-order valence-corrected chi connectivity index (χ0v) is 18.0. The lowest BCUT2D eigenvalue weighted by Crippen LogP contribution is -2.16. The molecule has 6 nitrogen and oxygen atoms in total. The highest BCUT2D eigenvalue weighted by atomic mass is 79.9. The van der Waals surface area contributed by atoms with Crippen LogP contribution in [0.3, 0.4) is 0 Å². The summed E-state index contributed by atoms with van der Waals surface area (Å²) >= 11 is 6.83. The Bertz CT molecular complexity index is 1060. The van der Waals surface area contributed by atoms with Gasteiger partial charge < -0.3 is 13.9 Å². The fourth-order valence-corrected chi connectivity index (χ4v) is 3.40. The lowest BCUT2D eigenvalue weighted by molar-refractivity contribution is 0.0929. The molecule has 1 N–H and O–H groups in total. The summed E-state index contributed by atoms with van der Waals surface area (Å²) < 4.78 is 18.1. The quantitative estimate of drug-likeness (QED) is 0.268. The van der Waals surface area contributed by atoms with Crippen molar-refractivity contribution in [2.75, 3.05) is 13.7 Å². The van der Waals surface area contributed by atoms with Crippen LogP contribution in [-0.4, -0.2) is 25.8 Å². The molecular formula is C20H16Br2N2O4. The van der Waals surface area contributed by atoms with Crippen molar-refractivity contribution in [3.63, 3.8) is 0 Å². The van der Waals surface area contributed by atoms with E-state index in [1.54, 1.807) is 37.5 Å². The predicted molar refractivity (Wildman–Crippen MR) is 115 cm³/mol. The van der Waals surface area contributed by atoms with Crippen molar-refractivity contribution < 1.29 is 18.7 Å². The van der Waals surface area contributed by atoms with E-state index < -0.39 is 5.91 Å². The summed E-state index contributed by atoms with van der Waals surface area (Å²) in [5.74, 6) is 0.835. The third kappa shape index (κ3) is 4.63. The second-order valence-electron chi connectivity index (χ2n) is 5.63. The largest absolute Gasteiger partial charge is 0.493 e. The smallest absolute Gasteiger partial charge is 0.307 e. The Balaban J connectivity index is 1.73. The number of halogens is 2. The second-order valence-corrected chi connectivity index (χ2v) is 7.40. The molecule has 0 atom stereocenters. The van der Waals surface area contributed by atoms with Gasteiger partial charge in [0, 0.05) is 9.86 Å². The molecule has 2 aromatic carbocycles. The number of furan rings is 1. The number of ether oxygens (including phenoxy) is 2. The molecule has 1 aromatic heterocycles. The molecule has 0 aliphatic heterocycles. The molecule has 0 aliphatic rings. The van der Waals surface area contributed by atoms with Gasteiger partial charge >= 0.3 is 5.91 Å². The molecule has 0 saturated carbocycles. The van der Waals surface area contributed by atoms with Gasteiger partial charge in [-0.3, -0.25) is 4.79 Å². The minimum atomic E-state index is -0.444. The van der Waals surface area contributed by atoms with Crippen molar-refractivity contribution in [2.24, 2.45) is 5.10 Å². The number of carbonyl (C=O) groups is 1. The molecule has 8 heteroatoms. The van der Waals surface area contributed by atoms with Crippen LogP contribution in [0.25, 0.3) is 11.0 Å². The Morgan fingerprint density at radius 3 is 2.86 bits per heavy atom. The zero-order chi connectivity index (χ0) is 20.1. The van der Waals surface area contributed by atoms with Gasteiger partial charge in [0.25, 0.3) is 0 Å². The van der Waals surface area contributed by atoms with Crippen LogP contribution in [0, 0.1) is 0 Å². The molecule has 3 rings (SSSR count). The van der Waals surface area contributed by atoms with E-state index in [0.717, 1.165) is 9.86 Å². The Morgan fingerprint density at radius 1 is 1.29 bits per heavy atom. The summed E-state index contributed by atoms with van der Waals surface area (Å²) in [4.78, 5) is 12.3. The van der Waals surface area contributed by atoms with Crippen LogP contribution < -0.4 is 14.9 Å². The number of rotatable bonds is 7. The number of amides is 1. The first-order valence-electron chi connectivity index (χ1n) is 8.15. The molecule has 0 fully saturated rings. The SMILES string of the molecule is C=CCOc1c(Br)cc(/C=N/NC(=O)c2cc3cc(Br)ccc3o2)cc1OC. The monoisotopic (exact) mass is 506 g/mol. The topological polar surface area (TPSA) is 73.1 Å². The highest BCUT2D eigenvalue weighted by Crippen LogP contribution is 2.36. The van der Waals surface area contributed by atoms with E-state index in [1.165, 1.54) is 6.21 Å². The van der Waals surface area contributed by atoms with Crippen molar-refractivity contribution in [3.05, 3.63) is 69.3 Å². The maximum Gasteiger partial charge on any atom is 0.307 e. The van der Waals surface area contributed by atoms with Crippen LogP contribution in [0.4, 0.5) is 0 Å². The lowest BCUT2D eigenvalue weighted by Gasteiger charge is -2.12. The molecule has 144 valence electrons. The van der Waals surface area contributed by atoms with Gasteiger partial charge in [-0.15, -0.1) is 0 Å². The second kappa shape index (κ2) is 9.07. The van der Waals surface area contributed by atoms with Crippen LogP contribution in [-0.2, 0) is 0 Å². The van der Waals surface area contributed by atoms with E-state index >= 15 is 0 Å². The molecule has 3 aromatic rings. The maximum absolute atomic E-state index is 12.3. The minimum absolute atomic E-state index is 0.178. The average Bonchev–Trinajstić information content (AvgIpc) is 3.10. The van der Waals surface area contributed by atoms with Crippen LogP contribution in [0.15, 0.2) is 67.5 Å². The predicted octanol–water partition coefficient (Wildman–Crippen LogP) is 5.30. The van der Waals surface area contributed by atoms with Crippen molar-refractivity contribution in [1.29, 1.82) is 0 Å². The standard InChI is InChI=1S/C20H16Br2N2O4/c1-3-6-27-19-15(22)7-12(8-17(19)26-2)11-23-24-20(25)18-10-13-9-14(21)4-5-16(13)28-18/h3-5,7-11H,1,6H2,2H3,(H,24,25)/b23-11+. The first-order chi connectivity index (χ1) is 13.5. The fourth-order valence-electron chi connectivity index (χ4n) is 2.44. The number of carbonyl (C=O) groups excluding carboxylic acids is 1. The fraction of sp³-hybridized carbons (Fsp3) is 0.100. The minimum Gasteiger partial charge on any atom is -0.493 e. The summed E-state index contributed by atoms with van der Waals surface area (Å²) in [6.07, 6.45) is 3.15. The van der Waals surface area contributed by atoms with Gasteiger partial charge in [-0.2, -0.15) is 5.10 Å². The first kappa shape index (κ1) is 20.2. The Labute approximate surface area is 178 Å². The number of hydrogen-bond acceptors (Lipinski definition) is 5. The molecule has 0 aliphatic carbocycles. The van der Waals surface area contributed by atoms with Gasteiger partial charge in [0.2, 0.25) is 0 Å². The van der Waals surface area contributed by atoms with Crippen LogP contribution >= 0.6 is 31.9 Å². The van der Waals surface area contributed by atoms with Crippen molar-refractivity contribution in [1.82, 2.24) is 5.43 Å². The summed E-state index contributed by atoms with van der Waals surface area (Å²) in [7, 11) is 1.55. The molecule has 1 heterocycles. The average molecular weight is 508 g/mol. The summed E-state index contributed by atoms with van der Waals surface area (Å²) in [6.45, 7) is 3.98. The first-order valence-corrected chi connectivity index (χ1v) is 9.74. The van der Waals surface area contributed by atoms with E-state index in [9.17, 15) is 4.79 Å². The lowest BCUT2D eigenvalue weighted by atomic mass is 10.2. The molecule has 28 heavy (non-hydrogen) atoms. The highest BCUT2D eigenvalue weighted by Gasteiger charge is 2.13.